The summed E-state index contributed by atoms with van der Waals surface area (Å²) in [5.74, 6) is 0. The molecule has 0 aliphatic carbocycles. The zero-order valence-electron chi connectivity index (χ0n) is 31.6. The van der Waals surface area contributed by atoms with E-state index in [1.54, 1.807) is 138 Å². The lowest BCUT2D eigenvalue weighted by atomic mass is 10.0. The maximum absolute atomic E-state index is 12.6. The highest BCUT2D eigenvalue weighted by Crippen LogP contribution is 2.23. The van der Waals surface area contributed by atoms with Crippen LogP contribution >= 0.6 is 0 Å². The SMILES string of the molecule is O=C(NCc1ccc(S(=O)(=O)c2ccccc2)cc1)N1CCc2ccncc2C1.O=C(NCc1ccc(S(=O)(=O)c2ccccc2)cc1)N1CCc2cnccc2C1. The lowest BCUT2D eigenvalue weighted by molar-refractivity contribution is 0.191. The molecule has 4 heterocycles. The van der Waals surface area contributed by atoms with Crippen molar-refractivity contribution < 1.29 is 26.4 Å². The van der Waals surface area contributed by atoms with Gasteiger partial charge in [0.15, 0.2) is 0 Å². The van der Waals surface area contributed by atoms with Crippen LogP contribution in [-0.2, 0) is 58.7 Å². The second-order valence-corrected chi connectivity index (χ2v) is 17.8. The number of sulfone groups is 2. The predicted octanol–water partition coefficient (Wildman–Crippen LogP) is 6.36. The van der Waals surface area contributed by atoms with Crippen LogP contribution in [0.4, 0.5) is 9.59 Å². The Bertz CT molecular complexity index is 2410. The van der Waals surface area contributed by atoms with Gasteiger partial charge in [-0.2, -0.15) is 0 Å². The molecule has 296 valence electrons. The van der Waals surface area contributed by atoms with Crippen LogP contribution in [0.2, 0.25) is 0 Å². The van der Waals surface area contributed by atoms with E-state index in [1.165, 1.54) is 11.1 Å². The first-order chi connectivity index (χ1) is 28.1. The van der Waals surface area contributed by atoms with Crippen molar-refractivity contribution in [1.29, 1.82) is 0 Å². The van der Waals surface area contributed by atoms with Gasteiger partial charge in [-0.05, 0) is 107 Å². The van der Waals surface area contributed by atoms with Gasteiger partial charge >= 0.3 is 12.1 Å². The Hall–Kier alpha value is -6.38. The highest BCUT2D eigenvalue weighted by molar-refractivity contribution is 7.91. The Morgan fingerprint density at radius 1 is 0.483 bits per heavy atom. The van der Waals surface area contributed by atoms with Crippen molar-refractivity contribution in [2.24, 2.45) is 0 Å². The number of benzene rings is 4. The smallest absolute Gasteiger partial charge is 0.317 e. The number of aromatic nitrogens is 2. The molecule has 0 spiro atoms. The van der Waals surface area contributed by atoms with E-state index in [0.29, 0.717) is 39.3 Å². The molecule has 8 rings (SSSR count). The van der Waals surface area contributed by atoms with Gasteiger partial charge in [0.2, 0.25) is 19.7 Å². The number of nitrogens with zero attached hydrogens (tertiary/aromatic N) is 4. The van der Waals surface area contributed by atoms with E-state index in [4.69, 9.17) is 0 Å². The second-order valence-electron chi connectivity index (χ2n) is 13.9. The molecule has 0 saturated heterocycles. The minimum absolute atomic E-state index is 0.131. The van der Waals surface area contributed by atoms with Crippen molar-refractivity contribution in [2.75, 3.05) is 13.1 Å². The Labute approximate surface area is 338 Å². The first kappa shape index (κ1) is 39.8. The summed E-state index contributed by atoms with van der Waals surface area (Å²) >= 11 is 0. The van der Waals surface area contributed by atoms with Crippen LogP contribution in [0.25, 0.3) is 0 Å². The average molecular weight is 815 g/mol. The standard InChI is InChI=1S/2C22H21N3O3S/c26-22(25-13-11-18-15-23-12-10-19(18)16-25)24-14-17-6-8-21(9-7-17)29(27,28)20-4-2-1-3-5-20;26-22(25-13-11-18-10-12-23-15-19(18)16-25)24-14-17-6-8-21(9-7-17)29(27,28)20-4-2-1-3-5-20/h2*1-10,12,15H,11,13-14,16H2,(H,24,26). The molecule has 58 heavy (non-hydrogen) atoms. The van der Waals surface area contributed by atoms with E-state index >= 15 is 0 Å². The van der Waals surface area contributed by atoms with Gasteiger partial charge in [0.1, 0.15) is 0 Å². The van der Waals surface area contributed by atoms with Gasteiger partial charge in [-0.3, -0.25) is 9.97 Å². The molecule has 0 fully saturated rings. The lowest BCUT2D eigenvalue weighted by Gasteiger charge is -2.28. The number of nitrogens with one attached hydrogen (secondary N) is 2. The van der Waals surface area contributed by atoms with Crippen LogP contribution in [-0.4, -0.2) is 61.8 Å². The van der Waals surface area contributed by atoms with Crippen LogP contribution in [0.3, 0.4) is 0 Å². The maximum Gasteiger partial charge on any atom is 0.317 e. The number of pyridine rings is 2. The monoisotopic (exact) mass is 814 g/mol. The third kappa shape index (κ3) is 9.41. The molecule has 12 nitrogen and oxygen atoms in total. The number of rotatable bonds is 8. The molecular formula is C44H42N6O6S2. The number of hydrogen-bond acceptors (Lipinski definition) is 8. The molecule has 4 aromatic carbocycles. The largest absolute Gasteiger partial charge is 0.334 e. The normalized spacial score (nSPS) is 13.6. The Kier molecular flexibility index (Phi) is 12.2. The first-order valence-corrected chi connectivity index (χ1v) is 21.7. The van der Waals surface area contributed by atoms with E-state index in [9.17, 15) is 26.4 Å². The fraction of sp³-hybridized carbons (Fsp3) is 0.182. The Morgan fingerprint density at radius 2 is 0.879 bits per heavy atom. The predicted molar refractivity (Wildman–Crippen MR) is 218 cm³/mol. The van der Waals surface area contributed by atoms with Crippen molar-refractivity contribution in [3.05, 3.63) is 179 Å². The number of carbonyl (C=O) groups is 2. The summed E-state index contributed by atoms with van der Waals surface area (Å²) in [6.07, 6.45) is 8.79. The zero-order chi connectivity index (χ0) is 40.5. The molecule has 2 aliphatic heterocycles. The van der Waals surface area contributed by atoms with Gasteiger partial charge < -0.3 is 20.4 Å². The first-order valence-electron chi connectivity index (χ1n) is 18.8. The van der Waals surface area contributed by atoms with Crippen molar-refractivity contribution in [1.82, 2.24) is 30.4 Å². The third-order valence-electron chi connectivity index (χ3n) is 10.1. The second kappa shape index (κ2) is 17.8. The molecule has 0 unspecified atom stereocenters. The van der Waals surface area contributed by atoms with Gasteiger partial charge in [0.05, 0.1) is 19.6 Å². The van der Waals surface area contributed by atoms with Crippen LogP contribution in [0.5, 0.6) is 0 Å². The highest BCUT2D eigenvalue weighted by Gasteiger charge is 2.23. The van der Waals surface area contributed by atoms with E-state index < -0.39 is 19.7 Å². The molecule has 2 N–H and O–H groups in total. The van der Waals surface area contributed by atoms with Crippen molar-refractivity contribution in [3.63, 3.8) is 0 Å². The number of urea groups is 2. The topological polar surface area (TPSA) is 159 Å². The highest BCUT2D eigenvalue weighted by atomic mass is 32.2. The molecular weight excluding hydrogens is 773 g/mol. The summed E-state index contributed by atoms with van der Waals surface area (Å²) < 4.78 is 50.5. The van der Waals surface area contributed by atoms with E-state index in [-0.39, 0.29) is 31.6 Å². The van der Waals surface area contributed by atoms with Crippen LogP contribution in [0.1, 0.15) is 33.4 Å². The van der Waals surface area contributed by atoms with Gasteiger partial charge in [-0.1, -0.05) is 60.7 Å². The summed E-state index contributed by atoms with van der Waals surface area (Å²) in [7, 11) is -7.07. The fourth-order valence-electron chi connectivity index (χ4n) is 6.73. The van der Waals surface area contributed by atoms with E-state index in [1.807, 2.05) is 18.3 Å². The number of carbonyl (C=O) groups excluding carboxylic acids is 2. The van der Waals surface area contributed by atoms with Crippen molar-refractivity contribution in [2.45, 2.75) is 58.6 Å². The lowest BCUT2D eigenvalue weighted by Crippen LogP contribution is -2.42. The molecule has 0 atom stereocenters. The summed E-state index contributed by atoms with van der Waals surface area (Å²) in [4.78, 5) is 37.8. The molecule has 14 heteroatoms. The average Bonchev–Trinajstić information content (AvgIpc) is 3.28. The molecule has 0 radical (unpaired) electrons. The molecule has 4 amide bonds. The van der Waals surface area contributed by atoms with Crippen LogP contribution < -0.4 is 10.6 Å². The van der Waals surface area contributed by atoms with Crippen molar-refractivity contribution >= 4 is 31.7 Å². The Morgan fingerprint density at radius 3 is 1.36 bits per heavy atom. The minimum atomic E-state index is -3.53. The molecule has 2 aromatic heterocycles. The summed E-state index contributed by atoms with van der Waals surface area (Å²) in [5, 5.41) is 5.82. The summed E-state index contributed by atoms with van der Waals surface area (Å²) in [6, 6.07) is 33.6. The van der Waals surface area contributed by atoms with Crippen LogP contribution in [0.15, 0.2) is 166 Å². The molecule has 6 aromatic rings. The third-order valence-corrected chi connectivity index (χ3v) is 13.6. The number of hydrogen-bond donors (Lipinski definition) is 2. The Balaban J connectivity index is 0.000000177. The van der Waals surface area contributed by atoms with Gasteiger partial charge in [0.25, 0.3) is 0 Å². The zero-order valence-corrected chi connectivity index (χ0v) is 33.2. The van der Waals surface area contributed by atoms with Gasteiger partial charge in [0, 0.05) is 64.1 Å². The summed E-state index contributed by atoms with van der Waals surface area (Å²) in [5.41, 5.74) is 6.30. The minimum Gasteiger partial charge on any atom is -0.334 e. The maximum atomic E-state index is 12.6. The fourth-order valence-corrected chi connectivity index (χ4v) is 9.29. The van der Waals surface area contributed by atoms with Gasteiger partial charge in [-0.15, -0.1) is 0 Å². The van der Waals surface area contributed by atoms with Gasteiger partial charge in [-0.25, -0.2) is 26.4 Å². The summed E-state index contributed by atoms with van der Waals surface area (Å²) in [6.45, 7) is 3.10. The molecule has 0 saturated carbocycles. The van der Waals surface area contributed by atoms with E-state index in [2.05, 4.69) is 20.6 Å². The number of amides is 4. The molecule has 0 bridgehead atoms. The van der Waals surface area contributed by atoms with Crippen LogP contribution in [0, 0.1) is 0 Å². The molecule has 2 aliphatic rings. The number of fused-ring (bicyclic) bond motifs is 2. The van der Waals surface area contributed by atoms with E-state index in [0.717, 1.165) is 35.1 Å². The quantitative estimate of drug-likeness (QED) is 0.180. The van der Waals surface area contributed by atoms with Crippen molar-refractivity contribution in [3.8, 4) is 0 Å².